The first-order valence-corrected chi connectivity index (χ1v) is 19.0. The van der Waals surface area contributed by atoms with E-state index in [0.29, 0.717) is 0 Å². The summed E-state index contributed by atoms with van der Waals surface area (Å²) in [5, 5.41) is 10.4. The minimum absolute atomic E-state index is 0.0223. The molecular weight excluding hydrogens is 772 g/mol. The topological polar surface area (TPSA) is 261 Å². The molecule has 0 aromatic carbocycles. The van der Waals surface area contributed by atoms with Crippen molar-refractivity contribution in [2.24, 2.45) is 0 Å². The van der Waals surface area contributed by atoms with Gasteiger partial charge in [0.05, 0.1) is 12.5 Å². The van der Waals surface area contributed by atoms with Gasteiger partial charge < -0.3 is 52.5 Å². The van der Waals surface area contributed by atoms with Crippen molar-refractivity contribution in [1.82, 2.24) is 0 Å². The zero-order valence-electron chi connectivity index (χ0n) is 35.5. The molecule has 0 saturated carbocycles. The third-order valence-corrected chi connectivity index (χ3v) is 7.82. The second kappa shape index (κ2) is 27.0. The van der Waals surface area contributed by atoms with Crippen LogP contribution in [0.1, 0.15) is 134 Å². The molecule has 0 amide bonds. The molecule has 19 heteroatoms. The highest BCUT2D eigenvalue weighted by molar-refractivity contribution is 5.69. The molecule has 0 saturated heterocycles. The Bertz CT molecular complexity index is 1380. The van der Waals surface area contributed by atoms with Gasteiger partial charge in [-0.15, -0.1) is 0 Å². The van der Waals surface area contributed by atoms with Crippen molar-refractivity contribution < 1.29 is 90.9 Å². The third kappa shape index (κ3) is 29.4. The quantitative estimate of drug-likeness (QED) is 0.0707. The number of ether oxygens (including phenoxy) is 9. The Kier molecular flexibility index (Phi) is 24.7. The second-order valence-corrected chi connectivity index (χ2v) is 14.7. The molecule has 19 nitrogen and oxygen atoms in total. The predicted octanol–water partition coefficient (Wildman–Crippen LogP) is 3.26. The fraction of sp³-hybridized carbons (Fsp3) is 0.769. The van der Waals surface area contributed by atoms with Gasteiger partial charge in [0.15, 0.2) is 6.61 Å². The van der Waals surface area contributed by atoms with E-state index in [9.17, 15) is 48.3 Å². The Morgan fingerprint density at radius 3 is 0.845 bits per heavy atom. The summed E-state index contributed by atoms with van der Waals surface area (Å²) < 4.78 is 49.2. The Morgan fingerprint density at radius 1 is 0.414 bits per heavy atom. The number of aliphatic hydroxyl groups is 1. The Hall–Kier alpha value is -4.81. The molecule has 0 bridgehead atoms. The van der Waals surface area contributed by atoms with Crippen LogP contribution in [0.5, 0.6) is 0 Å². The first-order valence-electron chi connectivity index (χ1n) is 19.0. The maximum absolute atomic E-state index is 12.4. The third-order valence-electron chi connectivity index (χ3n) is 7.82. The standard InChI is InChI=1S/C39H62O19/c1-22(40)50-13-12-31(51-23(2)41)14-32(52-24(3)42)15-33(53-25(4)43)16-34(54-26(5)44)17-35(55-27(6)45)18-36(56-28(7)46)19-37(57-29(8)47)20-38(58-30(9)48)21-39(10,11)49/h31-38,49H,12-21H2,1-11H3/p+1. The van der Waals surface area contributed by atoms with Crippen LogP contribution in [0.4, 0.5) is 0 Å². The van der Waals surface area contributed by atoms with Crippen LogP contribution in [0.3, 0.4) is 0 Å². The number of hydrogen-bond donors (Lipinski definition) is 1. The molecule has 0 rings (SSSR count). The smallest absolute Gasteiger partial charge is 0.462 e. The van der Waals surface area contributed by atoms with Crippen LogP contribution in [-0.4, -0.2) is 125 Å². The van der Waals surface area contributed by atoms with E-state index in [4.69, 9.17) is 42.6 Å². The summed E-state index contributed by atoms with van der Waals surface area (Å²) in [5.41, 5.74) is -1.28. The average molecular weight is 836 g/mol. The Morgan fingerprint density at radius 2 is 0.621 bits per heavy atom. The molecule has 0 aliphatic heterocycles. The predicted molar refractivity (Wildman–Crippen MR) is 201 cm³/mol. The van der Waals surface area contributed by atoms with Gasteiger partial charge in [0.2, 0.25) is 0 Å². The monoisotopic (exact) mass is 835 g/mol. The zero-order chi connectivity index (χ0) is 44.7. The van der Waals surface area contributed by atoms with Crippen molar-refractivity contribution in [2.75, 3.05) is 6.61 Å². The lowest BCUT2D eigenvalue weighted by molar-refractivity contribution is -0.161. The molecule has 0 aromatic heterocycles. The molecule has 8 atom stereocenters. The maximum Gasteiger partial charge on any atom is 0.479 e. The van der Waals surface area contributed by atoms with Crippen LogP contribution in [-0.2, 0) is 81.0 Å². The lowest BCUT2D eigenvalue weighted by Gasteiger charge is -2.31. The van der Waals surface area contributed by atoms with E-state index in [2.05, 4.69) is 0 Å². The van der Waals surface area contributed by atoms with Gasteiger partial charge in [-0.05, 0) is 13.8 Å². The summed E-state index contributed by atoms with van der Waals surface area (Å²) >= 11 is 0. The molecule has 332 valence electrons. The molecule has 0 fully saturated rings. The van der Waals surface area contributed by atoms with E-state index in [1.54, 1.807) is 0 Å². The van der Waals surface area contributed by atoms with Crippen LogP contribution in [0, 0.1) is 0 Å². The molecular formula is C39H63O19+. The van der Waals surface area contributed by atoms with E-state index in [1.165, 1.54) is 34.6 Å². The zero-order valence-corrected chi connectivity index (χ0v) is 35.5. The van der Waals surface area contributed by atoms with Gasteiger partial charge in [0.1, 0.15) is 48.8 Å². The van der Waals surface area contributed by atoms with Crippen molar-refractivity contribution in [3.05, 3.63) is 0 Å². The summed E-state index contributed by atoms with van der Waals surface area (Å²) in [6.45, 7) is 13.5. The summed E-state index contributed by atoms with van der Waals surface area (Å²) in [6, 6.07) is 0. The van der Waals surface area contributed by atoms with E-state index < -0.39 is 102 Å². The molecule has 0 aromatic rings. The molecule has 8 unspecified atom stereocenters. The van der Waals surface area contributed by atoms with Crippen LogP contribution >= 0.6 is 0 Å². The van der Waals surface area contributed by atoms with Gasteiger partial charge in [-0.1, -0.05) is 0 Å². The number of carbonyl (C=O) groups is 8. The summed E-state index contributed by atoms with van der Waals surface area (Å²) in [7, 11) is 0. The molecule has 0 heterocycles. The molecule has 0 radical (unpaired) electrons. The minimum Gasteiger partial charge on any atom is -0.462 e. The SMILES string of the molecule is CC(=O)OC(CCOC(C)=[OH+])CC(CC(CC(CC(CC(CC(CC(CC(C)(C)O)OC(C)=O)OC(C)=O)OC(C)=O)OC(C)=O)OC(C)=O)OC(C)=O)OC(C)=O. The van der Waals surface area contributed by atoms with Crippen molar-refractivity contribution in [3.8, 4) is 0 Å². The number of carbonyl (C=O) groups excluding carboxylic acids is 9. The van der Waals surface area contributed by atoms with Crippen LogP contribution in [0.15, 0.2) is 0 Å². The number of rotatable bonds is 27. The Labute approximate surface area is 339 Å². The molecule has 0 aliphatic rings. The highest BCUT2D eigenvalue weighted by atomic mass is 16.6. The van der Waals surface area contributed by atoms with E-state index in [0.717, 1.165) is 41.5 Å². The first-order chi connectivity index (χ1) is 26.7. The fourth-order valence-electron chi connectivity index (χ4n) is 6.38. The van der Waals surface area contributed by atoms with Gasteiger partial charge in [-0.2, -0.15) is 0 Å². The molecule has 0 spiro atoms. The largest absolute Gasteiger partial charge is 0.479 e. The van der Waals surface area contributed by atoms with Gasteiger partial charge >= 0.3 is 53.7 Å². The maximum atomic E-state index is 12.4. The number of esters is 9. The van der Waals surface area contributed by atoms with Gasteiger partial charge in [0.25, 0.3) is 0 Å². The first kappa shape index (κ1) is 53.2. The molecule has 58 heavy (non-hydrogen) atoms. The van der Waals surface area contributed by atoms with E-state index in [1.807, 2.05) is 0 Å². The summed E-state index contributed by atoms with van der Waals surface area (Å²) in [4.78, 5) is 107. The fourth-order valence-corrected chi connectivity index (χ4v) is 6.38. The van der Waals surface area contributed by atoms with Crippen molar-refractivity contribution >= 4 is 53.7 Å². The highest BCUT2D eigenvalue weighted by Gasteiger charge is 2.35. The minimum atomic E-state index is -1.28. The van der Waals surface area contributed by atoms with E-state index in [-0.39, 0.29) is 70.4 Å². The van der Waals surface area contributed by atoms with Crippen LogP contribution in [0.2, 0.25) is 0 Å². The molecule has 2 N–H and O–H groups in total. The summed E-state index contributed by atoms with van der Waals surface area (Å²) in [5.74, 6) is -5.93. The van der Waals surface area contributed by atoms with E-state index >= 15 is 0 Å². The molecule has 0 aliphatic carbocycles. The lowest BCUT2D eigenvalue weighted by Crippen LogP contribution is -2.38. The van der Waals surface area contributed by atoms with Crippen LogP contribution < -0.4 is 0 Å². The normalized spacial score (nSPS) is 15.3. The van der Waals surface area contributed by atoms with Gasteiger partial charge in [-0.3, -0.25) is 38.4 Å². The van der Waals surface area contributed by atoms with Crippen molar-refractivity contribution in [2.45, 2.75) is 188 Å². The van der Waals surface area contributed by atoms with Gasteiger partial charge in [0, 0.05) is 113 Å². The van der Waals surface area contributed by atoms with Crippen molar-refractivity contribution in [1.29, 1.82) is 0 Å². The van der Waals surface area contributed by atoms with Gasteiger partial charge in [-0.25, -0.2) is 0 Å². The lowest BCUT2D eigenvalue weighted by atomic mass is 9.93. The van der Waals surface area contributed by atoms with Crippen molar-refractivity contribution in [3.63, 3.8) is 0 Å². The Balaban J connectivity index is 6.65. The second-order valence-electron chi connectivity index (χ2n) is 14.7. The number of hydrogen-bond acceptors (Lipinski definition) is 18. The highest BCUT2D eigenvalue weighted by Crippen LogP contribution is 2.27. The average Bonchev–Trinajstić information content (AvgIpc) is 2.97. The summed E-state index contributed by atoms with van der Waals surface area (Å²) in [6.07, 6.45) is -9.23. The van der Waals surface area contributed by atoms with Crippen LogP contribution in [0.25, 0.3) is 0 Å².